The lowest BCUT2D eigenvalue weighted by molar-refractivity contribution is 0.0887. The number of benzene rings is 1. The lowest BCUT2D eigenvalue weighted by Gasteiger charge is -2.19. The van der Waals surface area contributed by atoms with Crippen LogP contribution in [0.1, 0.15) is 71.4 Å². The summed E-state index contributed by atoms with van der Waals surface area (Å²) in [4.78, 5) is 25.1. The van der Waals surface area contributed by atoms with Crippen molar-refractivity contribution in [3.8, 4) is 5.75 Å². The quantitative estimate of drug-likeness (QED) is 0.771. The number of ether oxygens (including phenoxy) is 1. The van der Waals surface area contributed by atoms with E-state index in [0.717, 1.165) is 35.4 Å². The number of hydrogen-bond donors (Lipinski definition) is 2. The van der Waals surface area contributed by atoms with Crippen LogP contribution in [-0.4, -0.2) is 30.2 Å². The van der Waals surface area contributed by atoms with Crippen molar-refractivity contribution in [2.45, 2.75) is 52.5 Å². The van der Waals surface area contributed by atoms with E-state index in [1.54, 1.807) is 31.4 Å². The molecule has 1 aliphatic carbocycles. The number of carbonyl (C=O) groups is 2. The third-order valence-corrected chi connectivity index (χ3v) is 4.64. The van der Waals surface area contributed by atoms with Crippen LogP contribution in [0, 0.1) is 6.92 Å². The Bertz CT molecular complexity index is 967. The van der Waals surface area contributed by atoms with E-state index in [1.165, 1.54) is 0 Å². The van der Waals surface area contributed by atoms with Gasteiger partial charge in [-0.05, 0) is 58.7 Å². The average molecular weight is 397 g/mol. The second kappa shape index (κ2) is 8.11. The molecule has 0 aliphatic heterocycles. The van der Waals surface area contributed by atoms with Gasteiger partial charge in [0.15, 0.2) is 5.76 Å². The smallest absolute Gasteiger partial charge is 0.287 e. The number of nitrogens with one attached hydrogen (secondary N) is 2. The second-order valence-electron chi connectivity index (χ2n) is 8.14. The number of methoxy groups -OCH3 is 1. The molecule has 2 amide bonds. The first-order valence-electron chi connectivity index (χ1n) is 9.65. The molecule has 0 bridgehead atoms. The fraction of sp³-hybridized carbons (Fsp3) is 0.409. The van der Waals surface area contributed by atoms with Gasteiger partial charge in [0, 0.05) is 28.7 Å². The average Bonchev–Trinajstić information content (AvgIpc) is 3.02. The molecule has 1 aliphatic rings. The van der Waals surface area contributed by atoms with Gasteiger partial charge in [-0.15, -0.1) is 0 Å². The van der Waals surface area contributed by atoms with E-state index in [4.69, 9.17) is 9.15 Å². The van der Waals surface area contributed by atoms with Crippen molar-refractivity contribution in [3.05, 3.63) is 52.5 Å². The van der Waals surface area contributed by atoms with Crippen LogP contribution < -0.4 is 15.5 Å². The Kier molecular flexibility index (Phi) is 5.77. The standard InChI is InChI=1S/C22H27N3O4/c1-13-18-16(24-25-20(26)14-8-6-9-15(12-14)28-5)10-7-11-17(18)29-19(13)21(27)23-22(2,3)4/h6,8-9,12H,7,10-11H2,1-5H3,(H,23,27)(H,25,26)/b24-16+. The molecule has 1 heterocycles. The summed E-state index contributed by atoms with van der Waals surface area (Å²) in [7, 11) is 1.55. The van der Waals surface area contributed by atoms with Gasteiger partial charge in [-0.3, -0.25) is 9.59 Å². The first-order chi connectivity index (χ1) is 13.7. The molecule has 29 heavy (non-hydrogen) atoms. The lowest BCUT2D eigenvalue weighted by Crippen LogP contribution is -2.40. The van der Waals surface area contributed by atoms with Gasteiger partial charge in [0.2, 0.25) is 0 Å². The Morgan fingerprint density at radius 1 is 1.17 bits per heavy atom. The number of furan rings is 1. The number of fused-ring (bicyclic) bond motifs is 1. The molecule has 0 fully saturated rings. The van der Waals surface area contributed by atoms with Crippen LogP contribution >= 0.6 is 0 Å². The van der Waals surface area contributed by atoms with E-state index in [1.807, 2.05) is 27.7 Å². The molecule has 7 heteroatoms. The zero-order chi connectivity index (χ0) is 21.2. The minimum Gasteiger partial charge on any atom is -0.497 e. The zero-order valence-electron chi connectivity index (χ0n) is 17.5. The minimum atomic E-state index is -0.363. The largest absolute Gasteiger partial charge is 0.497 e. The van der Waals surface area contributed by atoms with E-state index in [2.05, 4.69) is 15.8 Å². The maximum Gasteiger partial charge on any atom is 0.287 e. The van der Waals surface area contributed by atoms with Gasteiger partial charge in [0.05, 0.1) is 12.8 Å². The fourth-order valence-corrected chi connectivity index (χ4v) is 3.34. The molecular weight excluding hydrogens is 370 g/mol. The molecule has 0 radical (unpaired) electrons. The van der Waals surface area contributed by atoms with Crippen molar-refractivity contribution in [2.75, 3.05) is 7.11 Å². The lowest BCUT2D eigenvalue weighted by atomic mass is 9.93. The molecule has 0 saturated heterocycles. The van der Waals surface area contributed by atoms with Crippen molar-refractivity contribution in [3.63, 3.8) is 0 Å². The Balaban J connectivity index is 1.84. The van der Waals surface area contributed by atoms with E-state index < -0.39 is 0 Å². The molecule has 3 rings (SSSR count). The molecule has 2 N–H and O–H groups in total. The van der Waals surface area contributed by atoms with Gasteiger partial charge in [0.25, 0.3) is 11.8 Å². The Hall–Kier alpha value is -3.09. The predicted molar refractivity (Wildman–Crippen MR) is 111 cm³/mol. The van der Waals surface area contributed by atoms with E-state index in [-0.39, 0.29) is 17.4 Å². The maximum atomic E-state index is 12.6. The van der Waals surface area contributed by atoms with Gasteiger partial charge in [-0.1, -0.05) is 6.07 Å². The molecule has 0 unspecified atom stereocenters. The van der Waals surface area contributed by atoms with Crippen molar-refractivity contribution in [1.29, 1.82) is 0 Å². The van der Waals surface area contributed by atoms with Gasteiger partial charge in [-0.2, -0.15) is 5.10 Å². The van der Waals surface area contributed by atoms with Crippen molar-refractivity contribution >= 4 is 17.5 Å². The highest BCUT2D eigenvalue weighted by atomic mass is 16.5. The summed E-state index contributed by atoms with van der Waals surface area (Å²) >= 11 is 0. The van der Waals surface area contributed by atoms with Crippen LogP contribution in [0.15, 0.2) is 33.8 Å². The number of aryl methyl sites for hydroxylation is 1. The van der Waals surface area contributed by atoms with E-state index >= 15 is 0 Å². The summed E-state index contributed by atoms with van der Waals surface area (Å²) in [6.45, 7) is 7.61. The van der Waals surface area contributed by atoms with Crippen LogP contribution in [-0.2, 0) is 6.42 Å². The number of amides is 2. The molecular formula is C22H27N3O4. The van der Waals surface area contributed by atoms with Crippen LogP contribution in [0.4, 0.5) is 0 Å². The Morgan fingerprint density at radius 2 is 1.93 bits per heavy atom. The second-order valence-corrected chi connectivity index (χ2v) is 8.14. The molecule has 154 valence electrons. The summed E-state index contributed by atoms with van der Waals surface area (Å²) in [5.41, 5.74) is 5.00. The van der Waals surface area contributed by atoms with Crippen LogP contribution in [0.3, 0.4) is 0 Å². The number of hydrogen-bond acceptors (Lipinski definition) is 5. The normalized spacial score (nSPS) is 15.0. The highest BCUT2D eigenvalue weighted by molar-refractivity contribution is 6.07. The molecule has 1 aromatic carbocycles. The maximum absolute atomic E-state index is 12.6. The SMILES string of the molecule is COc1cccc(C(=O)N/N=C2\CCCc3oc(C(=O)NC(C)(C)C)c(C)c32)c1. The van der Waals surface area contributed by atoms with E-state index in [9.17, 15) is 9.59 Å². The monoisotopic (exact) mass is 397 g/mol. The predicted octanol–water partition coefficient (Wildman–Crippen LogP) is 3.60. The number of nitrogens with zero attached hydrogens (tertiary/aromatic N) is 1. The molecule has 1 aromatic heterocycles. The van der Waals surface area contributed by atoms with Gasteiger partial charge < -0.3 is 14.5 Å². The Morgan fingerprint density at radius 3 is 2.62 bits per heavy atom. The van der Waals surface area contributed by atoms with Crippen molar-refractivity contribution < 1.29 is 18.7 Å². The first-order valence-corrected chi connectivity index (χ1v) is 9.65. The van der Waals surface area contributed by atoms with E-state index in [0.29, 0.717) is 23.5 Å². The van der Waals surface area contributed by atoms with Gasteiger partial charge in [0.1, 0.15) is 11.5 Å². The highest BCUT2D eigenvalue weighted by Gasteiger charge is 2.29. The van der Waals surface area contributed by atoms with Crippen molar-refractivity contribution in [2.24, 2.45) is 5.10 Å². The number of hydrazone groups is 1. The number of carbonyl (C=O) groups excluding carboxylic acids is 2. The number of rotatable bonds is 4. The summed E-state index contributed by atoms with van der Waals surface area (Å²) < 4.78 is 11.0. The van der Waals surface area contributed by atoms with Crippen LogP contribution in [0.5, 0.6) is 5.75 Å². The molecule has 0 spiro atoms. The summed E-state index contributed by atoms with van der Waals surface area (Å²) in [5.74, 6) is 1.07. The molecule has 7 nitrogen and oxygen atoms in total. The zero-order valence-corrected chi connectivity index (χ0v) is 17.5. The fourth-order valence-electron chi connectivity index (χ4n) is 3.34. The first kappa shape index (κ1) is 20.6. The van der Waals surface area contributed by atoms with Crippen LogP contribution in [0.2, 0.25) is 0 Å². The minimum absolute atomic E-state index is 0.246. The third kappa shape index (κ3) is 4.67. The summed E-state index contributed by atoms with van der Waals surface area (Å²) in [6, 6.07) is 6.87. The van der Waals surface area contributed by atoms with Crippen molar-refractivity contribution in [1.82, 2.24) is 10.7 Å². The summed E-state index contributed by atoms with van der Waals surface area (Å²) in [5, 5.41) is 7.28. The molecule has 0 saturated carbocycles. The van der Waals surface area contributed by atoms with Gasteiger partial charge in [-0.25, -0.2) is 5.43 Å². The molecule has 0 atom stereocenters. The topological polar surface area (TPSA) is 92.9 Å². The summed E-state index contributed by atoms with van der Waals surface area (Å²) in [6.07, 6.45) is 2.28. The third-order valence-electron chi connectivity index (χ3n) is 4.64. The Labute approximate surface area is 170 Å². The van der Waals surface area contributed by atoms with Gasteiger partial charge >= 0.3 is 0 Å². The molecule has 2 aromatic rings. The highest BCUT2D eigenvalue weighted by Crippen LogP contribution is 2.30. The van der Waals surface area contributed by atoms with Crippen LogP contribution in [0.25, 0.3) is 0 Å².